The Morgan fingerprint density at radius 3 is 1.18 bits per heavy atom. The van der Waals surface area contributed by atoms with Crippen LogP contribution in [0.4, 0.5) is 0 Å². The highest BCUT2D eigenvalue weighted by Gasteiger charge is 2.47. The summed E-state index contributed by atoms with van der Waals surface area (Å²) in [6, 6.07) is 0. The molecule has 8 heteroatoms. The van der Waals surface area contributed by atoms with E-state index < -0.39 is 33.1 Å². The Kier molecular flexibility index (Phi) is 9.64. The second-order valence-electron chi connectivity index (χ2n) is 2.21. The number of carbonyl (C=O) groups excluding carboxylic acids is 3. The summed E-state index contributed by atoms with van der Waals surface area (Å²) in [5.74, 6) is -2.57. The summed E-state index contributed by atoms with van der Waals surface area (Å²) in [5.41, 5.74) is 0. The second-order valence-corrected chi connectivity index (χ2v) is 3.50. The topological polar surface area (TPSA) is 110 Å². The molecule has 0 heterocycles. The smallest absolute Gasteiger partial charge is 0.548 e. The Hall–Kier alpha value is -1.88. The van der Waals surface area contributed by atoms with Crippen LogP contribution in [-0.4, -0.2) is 38.5 Å². The third-order valence-electron chi connectivity index (χ3n) is 1.14. The zero-order valence-electron chi connectivity index (χ0n) is 8.88. The zero-order chi connectivity index (χ0) is 12.6. The molecule has 0 saturated heterocycles. The van der Waals surface area contributed by atoms with Crippen molar-refractivity contribution in [1.82, 2.24) is 0 Å². The van der Waals surface area contributed by atoms with E-state index in [9.17, 15) is 14.4 Å². The monoisotopic (exact) mass is 258 g/mol. The highest BCUT2D eigenvalue weighted by atomic mass is 27.3. The van der Waals surface area contributed by atoms with Gasteiger partial charge in [0.1, 0.15) is 0 Å². The molecule has 2 N–H and O–H groups in total. The van der Waals surface area contributed by atoms with Crippen LogP contribution in [0.1, 0.15) is 0 Å². The van der Waals surface area contributed by atoms with Gasteiger partial charge in [0, 0.05) is 18.2 Å². The van der Waals surface area contributed by atoms with Crippen molar-refractivity contribution in [3.63, 3.8) is 0 Å². The minimum Gasteiger partial charge on any atom is -0.548 e. The van der Waals surface area contributed by atoms with E-state index in [1.807, 2.05) is 0 Å². The summed E-state index contributed by atoms with van der Waals surface area (Å²) in [5, 5.41) is 0. The van der Waals surface area contributed by atoms with E-state index in [0.717, 1.165) is 18.2 Å². The summed E-state index contributed by atoms with van der Waals surface area (Å²) in [4.78, 5) is 32.5. The predicted octanol–water partition coefficient (Wildman–Crippen LogP) is -0.666. The van der Waals surface area contributed by atoms with Gasteiger partial charge in [0.2, 0.25) is 0 Å². The number of hydrogen-bond donors (Lipinski definition) is 0. The number of hydrogen-bond acceptors (Lipinski definition) is 6. The molecule has 0 aromatic carbocycles. The summed E-state index contributed by atoms with van der Waals surface area (Å²) < 4.78 is 13.6. The van der Waals surface area contributed by atoms with Crippen LogP contribution in [-0.2, 0) is 25.7 Å². The van der Waals surface area contributed by atoms with Crippen molar-refractivity contribution in [2.75, 3.05) is 0 Å². The molecule has 0 atom stereocenters. The Bertz CT molecular complexity index is 284. The van der Waals surface area contributed by atoms with Crippen molar-refractivity contribution in [2.24, 2.45) is 0 Å². The molecular formula is C9H11AlO7. The fraction of sp³-hybridized carbons (Fsp3) is 0. The first-order chi connectivity index (χ1) is 7.53. The molecule has 0 radical (unpaired) electrons. The summed E-state index contributed by atoms with van der Waals surface area (Å²) in [6.07, 6.45) is 2.55. The Balaban J connectivity index is 0. The molecule has 0 fully saturated rings. The maximum atomic E-state index is 10.8. The first-order valence-electron chi connectivity index (χ1n) is 4.02. The molecule has 0 aliphatic heterocycles. The molecular weight excluding hydrogens is 247 g/mol. The molecule has 0 unspecified atom stereocenters. The normalized spacial score (nSPS) is 7.76. The average Bonchev–Trinajstić information content (AvgIpc) is 2.28. The summed E-state index contributed by atoms with van der Waals surface area (Å²) >= 11 is -3.22. The lowest BCUT2D eigenvalue weighted by Gasteiger charge is -2.09. The number of rotatable bonds is 6. The molecule has 0 saturated carbocycles. The molecule has 0 aromatic heterocycles. The van der Waals surface area contributed by atoms with Gasteiger partial charge in [-0.25, -0.2) is 0 Å². The van der Waals surface area contributed by atoms with Crippen LogP contribution in [0.25, 0.3) is 0 Å². The van der Waals surface area contributed by atoms with Gasteiger partial charge in [-0.1, -0.05) is 19.7 Å². The second kappa shape index (κ2) is 9.36. The van der Waals surface area contributed by atoms with Gasteiger partial charge in [0.05, 0.1) is 0 Å². The van der Waals surface area contributed by atoms with Gasteiger partial charge in [-0.15, -0.1) is 0 Å². The van der Waals surface area contributed by atoms with E-state index in [-0.39, 0.29) is 5.48 Å². The van der Waals surface area contributed by atoms with E-state index in [1.165, 1.54) is 0 Å². The van der Waals surface area contributed by atoms with Crippen LogP contribution in [0.5, 0.6) is 0 Å². The van der Waals surface area contributed by atoms with Crippen molar-refractivity contribution >= 4 is 33.1 Å². The molecule has 0 amide bonds. The van der Waals surface area contributed by atoms with Gasteiger partial charge in [-0.3, -0.25) is 14.4 Å². The molecule has 92 valence electrons. The van der Waals surface area contributed by atoms with Crippen LogP contribution < -0.4 is 0 Å². The molecule has 0 aliphatic carbocycles. The van der Waals surface area contributed by atoms with Gasteiger partial charge >= 0.3 is 15.1 Å². The van der Waals surface area contributed by atoms with Crippen molar-refractivity contribution < 1.29 is 31.2 Å². The van der Waals surface area contributed by atoms with Crippen molar-refractivity contribution in [2.45, 2.75) is 0 Å². The molecule has 7 nitrogen and oxygen atoms in total. The van der Waals surface area contributed by atoms with Gasteiger partial charge in [0.25, 0.3) is 17.9 Å². The first kappa shape index (κ1) is 17.5. The summed E-state index contributed by atoms with van der Waals surface area (Å²) in [6.45, 7) is 9.42. The largest absolute Gasteiger partial charge is 1.20 e. The molecule has 0 rings (SSSR count). The van der Waals surface area contributed by atoms with E-state index in [4.69, 9.17) is 0 Å². The lowest BCUT2D eigenvalue weighted by atomic mass is 10.7. The Labute approximate surface area is 103 Å². The highest BCUT2D eigenvalue weighted by molar-refractivity contribution is 6.45. The Morgan fingerprint density at radius 1 is 0.765 bits per heavy atom. The fourth-order valence-electron chi connectivity index (χ4n) is 0.501. The minimum absolute atomic E-state index is 0. The third-order valence-corrected chi connectivity index (χ3v) is 2.41. The standard InChI is InChI=1S/3C3H4O2.Al.H2O/c3*1-2-3(4)5;;/h3*2H,1H2,(H,4,5);;1H2/q;;;+3;/p-3. The average molecular weight is 258 g/mol. The molecule has 17 heavy (non-hydrogen) atoms. The molecule has 0 aromatic rings. The van der Waals surface area contributed by atoms with Crippen molar-refractivity contribution in [3.8, 4) is 0 Å². The van der Waals surface area contributed by atoms with Crippen LogP contribution in [0.15, 0.2) is 38.0 Å². The summed E-state index contributed by atoms with van der Waals surface area (Å²) in [7, 11) is 0. The molecule has 0 aliphatic rings. The zero-order valence-corrected chi connectivity index (χ0v) is 10.0. The van der Waals surface area contributed by atoms with E-state index >= 15 is 0 Å². The van der Waals surface area contributed by atoms with Gasteiger partial charge in [-0.2, -0.15) is 0 Å². The Morgan fingerprint density at radius 2 is 1.00 bits per heavy atom. The van der Waals surface area contributed by atoms with Gasteiger partial charge in [0.15, 0.2) is 0 Å². The molecule has 0 spiro atoms. The van der Waals surface area contributed by atoms with Crippen LogP contribution in [0.2, 0.25) is 0 Å². The van der Waals surface area contributed by atoms with Crippen molar-refractivity contribution in [1.29, 1.82) is 0 Å². The maximum absolute atomic E-state index is 10.8. The lowest BCUT2D eigenvalue weighted by Crippen LogP contribution is -2.33. The van der Waals surface area contributed by atoms with E-state index in [1.54, 1.807) is 0 Å². The third kappa shape index (κ3) is 7.98. The van der Waals surface area contributed by atoms with Crippen molar-refractivity contribution in [3.05, 3.63) is 38.0 Å². The number of carbonyl (C=O) groups is 3. The minimum atomic E-state index is -3.22. The van der Waals surface area contributed by atoms with Gasteiger partial charge in [-0.05, 0) is 0 Å². The predicted molar refractivity (Wildman–Crippen MR) is 58.2 cm³/mol. The highest BCUT2D eigenvalue weighted by Crippen LogP contribution is 1.97. The van der Waals surface area contributed by atoms with Crippen LogP contribution >= 0.6 is 0 Å². The fourth-order valence-corrected chi connectivity index (χ4v) is 1.50. The first-order valence-corrected chi connectivity index (χ1v) is 5.44. The lowest BCUT2D eigenvalue weighted by molar-refractivity contribution is -0.141. The van der Waals surface area contributed by atoms with Crippen LogP contribution in [0.3, 0.4) is 0 Å². The SMILES string of the molecule is C=CC(=O)[O][Al]([O]C(=O)C=C)[O]C(=O)C=C.O. The van der Waals surface area contributed by atoms with E-state index in [0.29, 0.717) is 0 Å². The maximum Gasteiger partial charge on any atom is 1.20 e. The van der Waals surface area contributed by atoms with E-state index in [2.05, 4.69) is 31.1 Å². The van der Waals surface area contributed by atoms with Gasteiger partial charge < -0.3 is 16.8 Å². The quantitative estimate of drug-likeness (QED) is 0.461. The molecule has 0 bridgehead atoms. The van der Waals surface area contributed by atoms with Crippen LogP contribution in [0, 0.1) is 0 Å².